The first-order chi connectivity index (χ1) is 24.9. The number of nitrogens with zero attached hydrogens (tertiary/aromatic N) is 3. The number of unbranched alkanes of at least 4 members (excludes halogenated alkanes) is 12. The molecule has 6 atom stereocenters. The van der Waals surface area contributed by atoms with Gasteiger partial charge < -0.3 is 29.7 Å². The zero-order chi connectivity index (χ0) is 37.7. The molecular weight excluding hydrogens is 704 g/mol. The third kappa shape index (κ3) is 12.5. The monoisotopic (exact) mass is 757 g/mol. The molecule has 2 aliphatic heterocycles. The van der Waals surface area contributed by atoms with E-state index in [1.807, 2.05) is 4.98 Å². The van der Waals surface area contributed by atoms with Crippen LogP contribution in [0, 0.1) is 11.7 Å². The van der Waals surface area contributed by atoms with E-state index >= 15 is 0 Å². The number of ether oxygens (including phenoxy) is 2. The third-order valence-corrected chi connectivity index (χ3v) is 10.2. The predicted octanol–water partition coefficient (Wildman–Crippen LogP) is 4.40. The highest BCUT2D eigenvalue weighted by Gasteiger charge is 2.49. The molecule has 292 valence electrons. The lowest BCUT2D eigenvalue weighted by Crippen LogP contribution is -2.41. The van der Waals surface area contributed by atoms with Crippen molar-refractivity contribution in [3.05, 3.63) is 55.6 Å². The number of halogens is 1. The summed E-state index contributed by atoms with van der Waals surface area (Å²) in [5.41, 5.74) is -2.92. The highest BCUT2D eigenvalue weighted by atomic mass is 31.2. The number of aromatic nitrogens is 4. The first-order valence-electron chi connectivity index (χ1n) is 18.5. The van der Waals surface area contributed by atoms with Crippen molar-refractivity contribution in [3.63, 3.8) is 0 Å². The van der Waals surface area contributed by atoms with Crippen LogP contribution in [0.4, 0.5) is 10.2 Å². The van der Waals surface area contributed by atoms with Crippen molar-refractivity contribution in [2.24, 2.45) is 5.92 Å². The number of carbonyl (C=O) groups is 1. The molecule has 16 nitrogen and oxygen atoms in total. The molecule has 0 aromatic carbocycles. The summed E-state index contributed by atoms with van der Waals surface area (Å²) in [7, 11) is -5.14. The molecule has 2 fully saturated rings. The van der Waals surface area contributed by atoms with Crippen molar-refractivity contribution < 1.29 is 42.6 Å². The number of aromatic amines is 1. The second kappa shape index (κ2) is 20.4. The maximum absolute atomic E-state index is 14.0. The van der Waals surface area contributed by atoms with Gasteiger partial charge in [-0.1, -0.05) is 84.0 Å². The van der Waals surface area contributed by atoms with Gasteiger partial charge in [0.25, 0.3) is 5.56 Å². The van der Waals surface area contributed by atoms with Gasteiger partial charge >= 0.3 is 19.2 Å². The normalized spacial score (nSPS) is 22.5. The quantitative estimate of drug-likeness (QED) is 0.0833. The van der Waals surface area contributed by atoms with Gasteiger partial charge in [-0.3, -0.25) is 28.2 Å². The average Bonchev–Trinajstić information content (AvgIpc) is 3.75. The van der Waals surface area contributed by atoms with Crippen molar-refractivity contribution in [2.75, 3.05) is 11.9 Å². The minimum Gasteiger partial charge on any atom is -0.394 e. The Balaban J connectivity index is 1.26. The Hall–Kier alpha value is -3.05. The van der Waals surface area contributed by atoms with E-state index < -0.39 is 73.9 Å². The number of hydrogen-bond acceptors (Lipinski definition) is 10. The number of hydrogen-bond donors (Lipinski definition) is 5. The molecule has 1 amide bonds. The number of aliphatic hydroxyl groups excluding tert-OH is 1. The number of phosphoric ester groups is 1. The van der Waals surface area contributed by atoms with E-state index in [0.717, 1.165) is 30.3 Å². The van der Waals surface area contributed by atoms with E-state index in [0.29, 0.717) is 12.6 Å². The minimum atomic E-state index is -5.14. The fourth-order valence-corrected chi connectivity index (χ4v) is 7.61. The highest BCUT2D eigenvalue weighted by Crippen LogP contribution is 2.47. The first kappa shape index (κ1) is 41.7. The second-order valence-electron chi connectivity index (χ2n) is 13.7. The van der Waals surface area contributed by atoms with Crippen LogP contribution >= 0.6 is 7.82 Å². The van der Waals surface area contributed by atoms with Crippen molar-refractivity contribution >= 4 is 19.5 Å². The summed E-state index contributed by atoms with van der Waals surface area (Å²) in [5.74, 6) is -2.37. The van der Waals surface area contributed by atoms with Gasteiger partial charge in [-0.15, -0.1) is 0 Å². The molecule has 2 aliphatic rings. The van der Waals surface area contributed by atoms with Gasteiger partial charge in [-0.25, -0.2) is 14.2 Å². The van der Waals surface area contributed by atoms with Gasteiger partial charge in [0.1, 0.15) is 24.4 Å². The van der Waals surface area contributed by atoms with Gasteiger partial charge in [-0.05, 0) is 25.3 Å². The van der Waals surface area contributed by atoms with Crippen LogP contribution in [0.3, 0.4) is 0 Å². The van der Waals surface area contributed by atoms with E-state index in [4.69, 9.17) is 14.0 Å². The molecular formula is C34H53FN5O11P. The molecule has 0 saturated carbocycles. The van der Waals surface area contributed by atoms with Crippen molar-refractivity contribution in [2.45, 2.75) is 147 Å². The Bertz CT molecular complexity index is 1660. The lowest BCUT2D eigenvalue weighted by Gasteiger charge is -2.31. The molecule has 18 heteroatoms. The highest BCUT2D eigenvalue weighted by molar-refractivity contribution is 7.46. The molecule has 4 rings (SSSR count). The molecule has 4 heterocycles. The van der Waals surface area contributed by atoms with Crippen LogP contribution < -0.4 is 22.3 Å². The Kier molecular flexibility index (Phi) is 16.4. The number of anilines is 1. The number of H-pyrrole nitrogens is 1. The summed E-state index contributed by atoms with van der Waals surface area (Å²) in [4.78, 5) is 74.5. The predicted molar refractivity (Wildman–Crippen MR) is 188 cm³/mol. The zero-order valence-corrected chi connectivity index (χ0v) is 30.6. The fraction of sp³-hybridized carbons (Fsp3) is 0.735. The summed E-state index contributed by atoms with van der Waals surface area (Å²) in [5, 5.41) is 12.7. The molecule has 6 unspecified atom stereocenters. The van der Waals surface area contributed by atoms with Gasteiger partial charge in [0.15, 0.2) is 0 Å². The number of aliphatic hydroxyl groups is 1. The smallest absolute Gasteiger partial charge is 0.394 e. The second-order valence-corrected chi connectivity index (χ2v) is 14.9. The molecule has 0 spiro atoms. The fourth-order valence-electron chi connectivity index (χ4n) is 7.00. The molecule has 2 saturated heterocycles. The summed E-state index contributed by atoms with van der Waals surface area (Å²) >= 11 is 0. The lowest BCUT2D eigenvalue weighted by molar-refractivity contribution is -0.116. The third-order valence-electron chi connectivity index (χ3n) is 9.69. The van der Waals surface area contributed by atoms with Gasteiger partial charge in [-0.2, -0.15) is 9.37 Å². The Morgan fingerprint density at radius 3 is 2.23 bits per heavy atom. The standard InChI is InChI=1S/C34H53FN5O11P/c1-2-3-4-5-6-7-8-9-10-11-12-13-14-15-28(42)36-27-18-19-39(33(44)37-27)29-17-16-25(49-29)31(51-52(46,47)48)23-20-30(50-26(23)22-41)40-21-24(35)32(43)38-34(40)45/h18-19,21,23,25-26,29-31,41H,2-17,20,22H2,1H3,(H,38,43,45)(H2,46,47,48)(H,36,37,42,44). The van der Waals surface area contributed by atoms with Gasteiger partial charge in [0.05, 0.1) is 25.0 Å². The van der Waals surface area contributed by atoms with E-state index in [2.05, 4.69) is 17.2 Å². The largest absolute Gasteiger partial charge is 0.469 e. The van der Waals surface area contributed by atoms with Crippen molar-refractivity contribution in [1.29, 1.82) is 0 Å². The van der Waals surface area contributed by atoms with E-state index in [1.165, 1.54) is 74.6 Å². The van der Waals surface area contributed by atoms with Crippen LogP contribution in [0.15, 0.2) is 32.8 Å². The van der Waals surface area contributed by atoms with Crippen LogP contribution in [0.25, 0.3) is 0 Å². The topological polar surface area (TPSA) is 224 Å². The molecule has 0 aliphatic carbocycles. The van der Waals surface area contributed by atoms with Gasteiger partial charge in [0.2, 0.25) is 11.7 Å². The number of carbonyl (C=O) groups excluding carboxylic acids is 1. The SMILES string of the molecule is CCCCCCCCCCCCCCCC(=O)Nc1ccn(C2CCC(C(OP(=O)(O)O)C3CC(n4cc(F)c(=O)[nH]c4=O)OC3CO)O2)c(=O)n1. The zero-order valence-electron chi connectivity index (χ0n) is 29.7. The van der Waals surface area contributed by atoms with Gasteiger partial charge in [0, 0.05) is 25.0 Å². The van der Waals surface area contributed by atoms with Crippen LogP contribution in [-0.4, -0.2) is 64.8 Å². The van der Waals surface area contributed by atoms with Crippen LogP contribution in [0.5, 0.6) is 0 Å². The summed E-state index contributed by atoms with van der Waals surface area (Å²) < 4.78 is 44.9. The number of amides is 1. The molecule has 2 aromatic heterocycles. The van der Waals surface area contributed by atoms with Crippen LogP contribution in [0.2, 0.25) is 0 Å². The Morgan fingerprint density at radius 2 is 1.63 bits per heavy atom. The molecule has 52 heavy (non-hydrogen) atoms. The molecule has 0 bridgehead atoms. The van der Waals surface area contributed by atoms with Crippen molar-refractivity contribution in [3.8, 4) is 0 Å². The molecule has 0 radical (unpaired) electrons. The summed E-state index contributed by atoms with van der Waals surface area (Å²) in [6, 6.07) is 1.46. The summed E-state index contributed by atoms with van der Waals surface area (Å²) in [6.45, 7) is 1.58. The number of phosphoric acid groups is 1. The average molecular weight is 758 g/mol. The number of rotatable bonds is 22. The Labute approximate surface area is 301 Å². The number of nitrogens with one attached hydrogen (secondary N) is 2. The maximum atomic E-state index is 14.0. The minimum absolute atomic E-state index is 0.0899. The lowest BCUT2D eigenvalue weighted by atomic mass is 9.90. The van der Waals surface area contributed by atoms with Crippen molar-refractivity contribution in [1.82, 2.24) is 19.1 Å². The molecule has 5 N–H and O–H groups in total. The van der Waals surface area contributed by atoms with E-state index in [1.54, 1.807) is 0 Å². The maximum Gasteiger partial charge on any atom is 0.469 e. The summed E-state index contributed by atoms with van der Waals surface area (Å²) in [6.07, 6.45) is 12.6. The van der Waals surface area contributed by atoms with Crippen LogP contribution in [0.1, 0.15) is 129 Å². The van der Waals surface area contributed by atoms with E-state index in [-0.39, 0.29) is 31.0 Å². The van der Waals surface area contributed by atoms with E-state index in [9.17, 15) is 43.0 Å². The first-order valence-corrected chi connectivity index (χ1v) is 20.0. The Morgan fingerprint density at radius 1 is 1.00 bits per heavy atom. The molecule has 2 aromatic rings. The van der Waals surface area contributed by atoms with Crippen LogP contribution in [-0.2, 0) is 23.4 Å².